The lowest BCUT2D eigenvalue weighted by Crippen LogP contribution is -2.42. The fourth-order valence-electron chi connectivity index (χ4n) is 3.85. The van der Waals surface area contributed by atoms with Gasteiger partial charge in [-0.25, -0.2) is 0 Å². The van der Waals surface area contributed by atoms with Gasteiger partial charge in [0.15, 0.2) is 0 Å². The van der Waals surface area contributed by atoms with Crippen molar-refractivity contribution in [2.24, 2.45) is 5.92 Å². The fourth-order valence-corrected chi connectivity index (χ4v) is 3.85. The number of hydrogen-bond acceptors (Lipinski definition) is 4. The van der Waals surface area contributed by atoms with E-state index in [0.717, 1.165) is 57.6 Å². The number of carbonyl (C=O) groups is 2. The van der Waals surface area contributed by atoms with Crippen molar-refractivity contribution in [3.63, 3.8) is 0 Å². The zero-order valence-corrected chi connectivity index (χ0v) is 15.9. The van der Waals surface area contributed by atoms with Gasteiger partial charge < -0.3 is 19.3 Å². The number of likely N-dealkylation sites (tertiary alicyclic amines) is 1. The SMILES string of the molecule is CN(C(=O)c1ccc(OC2CCN(C(=O)C3CC3)CC2)cc1)[C@@H]1CCOC1. The number of ether oxygens (including phenoxy) is 2. The third kappa shape index (κ3) is 4.26. The van der Waals surface area contributed by atoms with E-state index in [2.05, 4.69) is 0 Å². The maximum atomic E-state index is 12.6. The molecule has 2 amide bonds. The molecule has 6 heteroatoms. The smallest absolute Gasteiger partial charge is 0.253 e. The summed E-state index contributed by atoms with van der Waals surface area (Å²) >= 11 is 0. The van der Waals surface area contributed by atoms with Crippen molar-refractivity contribution in [3.05, 3.63) is 29.8 Å². The molecule has 146 valence electrons. The molecule has 1 atom stereocenters. The van der Waals surface area contributed by atoms with Gasteiger partial charge in [0.25, 0.3) is 5.91 Å². The first-order chi connectivity index (χ1) is 13.1. The van der Waals surface area contributed by atoms with E-state index in [9.17, 15) is 9.59 Å². The number of amides is 2. The average molecular weight is 372 g/mol. The first kappa shape index (κ1) is 18.3. The first-order valence-electron chi connectivity index (χ1n) is 10.0. The summed E-state index contributed by atoms with van der Waals surface area (Å²) in [5.74, 6) is 1.42. The van der Waals surface area contributed by atoms with Gasteiger partial charge in [-0.1, -0.05) is 0 Å². The van der Waals surface area contributed by atoms with Crippen LogP contribution in [0, 0.1) is 5.92 Å². The zero-order chi connectivity index (χ0) is 18.8. The molecule has 0 aromatic heterocycles. The Morgan fingerprint density at radius 3 is 2.37 bits per heavy atom. The van der Waals surface area contributed by atoms with E-state index in [1.165, 1.54) is 0 Å². The number of benzene rings is 1. The van der Waals surface area contributed by atoms with Crippen LogP contribution in [0.4, 0.5) is 0 Å². The average Bonchev–Trinajstić information content (AvgIpc) is 3.41. The van der Waals surface area contributed by atoms with Gasteiger partial charge in [0.1, 0.15) is 11.9 Å². The van der Waals surface area contributed by atoms with Crippen molar-refractivity contribution in [1.82, 2.24) is 9.80 Å². The number of nitrogens with zero attached hydrogens (tertiary/aromatic N) is 2. The topological polar surface area (TPSA) is 59.1 Å². The Morgan fingerprint density at radius 2 is 1.78 bits per heavy atom. The molecule has 0 spiro atoms. The highest BCUT2D eigenvalue weighted by molar-refractivity contribution is 5.94. The molecule has 3 aliphatic rings. The first-order valence-corrected chi connectivity index (χ1v) is 10.0. The number of hydrogen-bond donors (Lipinski definition) is 0. The molecule has 2 aliphatic heterocycles. The van der Waals surface area contributed by atoms with Crippen molar-refractivity contribution >= 4 is 11.8 Å². The molecule has 2 heterocycles. The van der Waals surface area contributed by atoms with Gasteiger partial charge in [-0.3, -0.25) is 9.59 Å². The Labute approximate surface area is 160 Å². The number of carbonyl (C=O) groups excluding carboxylic acids is 2. The second-order valence-electron chi connectivity index (χ2n) is 7.87. The standard InChI is InChI=1S/C21H28N2O4/c1-22(17-10-13-26-14-17)20(24)15-4-6-18(7-5-15)27-19-8-11-23(12-9-19)21(25)16-2-3-16/h4-7,16-17,19H,2-3,8-14H2,1H3/t17-/m1/s1. The minimum atomic E-state index is 0.0175. The molecule has 0 N–H and O–H groups in total. The highest BCUT2D eigenvalue weighted by Crippen LogP contribution is 2.32. The van der Waals surface area contributed by atoms with Gasteiger partial charge in [0.05, 0.1) is 12.6 Å². The summed E-state index contributed by atoms with van der Waals surface area (Å²) < 4.78 is 11.4. The molecule has 1 saturated carbocycles. The minimum Gasteiger partial charge on any atom is -0.490 e. The lowest BCUT2D eigenvalue weighted by Gasteiger charge is -2.32. The molecule has 1 aromatic rings. The second kappa shape index (κ2) is 7.89. The van der Waals surface area contributed by atoms with E-state index in [1.54, 1.807) is 4.90 Å². The third-order valence-electron chi connectivity index (χ3n) is 5.86. The van der Waals surface area contributed by atoms with Crippen molar-refractivity contribution in [2.45, 2.75) is 44.2 Å². The number of piperidine rings is 1. The fraction of sp³-hybridized carbons (Fsp3) is 0.619. The van der Waals surface area contributed by atoms with E-state index in [0.29, 0.717) is 24.0 Å². The maximum absolute atomic E-state index is 12.6. The summed E-state index contributed by atoms with van der Waals surface area (Å²) in [6, 6.07) is 7.56. The molecule has 2 saturated heterocycles. The zero-order valence-electron chi connectivity index (χ0n) is 15.9. The third-order valence-corrected chi connectivity index (χ3v) is 5.86. The van der Waals surface area contributed by atoms with Gasteiger partial charge in [0.2, 0.25) is 5.91 Å². The summed E-state index contributed by atoms with van der Waals surface area (Å²) in [5.41, 5.74) is 0.668. The Balaban J connectivity index is 1.28. The normalized spacial score (nSPS) is 23.3. The van der Waals surface area contributed by atoms with Gasteiger partial charge in [-0.2, -0.15) is 0 Å². The summed E-state index contributed by atoms with van der Waals surface area (Å²) in [6.07, 6.45) is 4.87. The molecule has 3 fully saturated rings. The Morgan fingerprint density at radius 1 is 1.07 bits per heavy atom. The minimum absolute atomic E-state index is 0.0175. The van der Waals surface area contributed by atoms with Crippen LogP contribution >= 0.6 is 0 Å². The second-order valence-corrected chi connectivity index (χ2v) is 7.87. The highest BCUT2D eigenvalue weighted by Gasteiger charge is 2.35. The molecule has 4 rings (SSSR count). The lowest BCUT2D eigenvalue weighted by atomic mass is 10.1. The van der Waals surface area contributed by atoms with Gasteiger partial charge in [-0.05, 0) is 43.5 Å². The summed E-state index contributed by atoms with van der Waals surface area (Å²) in [5, 5.41) is 0. The van der Waals surface area contributed by atoms with E-state index >= 15 is 0 Å². The molecule has 27 heavy (non-hydrogen) atoms. The molecular weight excluding hydrogens is 344 g/mol. The van der Waals surface area contributed by atoms with Crippen LogP contribution in [0.5, 0.6) is 5.75 Å². The Hall–Kier alpha value is -2.08. The maximum Gasteiger partial charge on any atom is 0.253 e. The molecule has 6 nitrogen and oxygen atoms in total. The van der Waals surface area contributed by atoms with Crippen LogP contribution in [0.1, 0.15) is 42.5 Å². The van der Waals surface area contributed by atoms with E-state index in [1.807, 2.05) is 36.2 Å². The summed E-state index contributed by atoms with van der Waals surface area (Å²) in [6.45, 7) is 2.90. The predicted molar refractivity (Wildman–Crippen MR) is 101 cm³/mol. The van der Waals surface area contributed by atoms with Gasteiger partial charge in [0, 0.05) is 51.1 Å². The van der Waals surface area contributed by atoms with E-state index in [4.69, 9.17) is 9.47 Å². The molecule has 1 aromatic carbocycles. The van der Waals surface area contributed by atoms with Crippen LogP contribution in [0.2, 0.25) is 0 Å². The lowest BCUT2D eigenvalue weighted by molar-refractivity contribution is -0.134. The molecule has 0 unspecified atom stereocenters. The molecule has 1 aliphatic carbocycles. The quantitative estimate of drug-likeness (QED) is 0.796. The molecular formula is C21H28N2O4. The van der Waals surface area contributed by atoms with E-state index in [-0.39, 0.29) is 18.1 Å². The van der Waals surface area contributed by atoms with Crippen molar-refractivity contribution in [2.75, 3.05) is 33.4 Å². The van der Waals surface area contributed by atoms with Crippen molar-refractivity contribution < 1.29 is 19.1 Å². The van der Waals surface area contributed by atoms with Gasteiger partial charge in [-0.15, -0.1) is 0 Å². The number of rotatable bonds is 5. The summed E-state index contributed by atoms with van der Waals surface area (Å²) in [4.78, 5) is 28.5. The number of likely N-dealkylation sites (N-methyl/N-ethyl adjacent to an activating group) is 1. The predicted octanol–water partition coefficient (Wildman–Crippen LogP) is 2.33. The molecule has 0 radical (unpaired) electrons. The largest absolute Gasteiger partial charge is 0.490 e. The van der Waals surface area contributed by atoms with Crippen LogP contribution in [0.3, 0.4) is 0 Å². The Bertz CT molecular complexity index is 672. The Kier molecular flexibility index (Phi) is 5.34. The van der Waals surface area contributed by atoms with E-state index < -0.39 is 0 Å². The van der Waals surface area contributed by atoms with Crippen LogP contribution in [0.25, 0.3) is 0 Å². The highest BCUT2D eigenvalue weighted by atomic mass is 16.5. The summed E-state index contributed by atoms with van der Waals surface area (Å²) in [7, 11) is 1.84. The monoisotopic (exact) mass is 372 g/mol. The van der Waals surface area contributed by atoms with Crippen LogP contribution in [0.15, 0.2) is 24.3 Å². The van der Waals surface area contributed by atoms with Gasteiger partial charge >= 0.3 is 0 Å². The van der Waals surface area contributed by atoms with Crippen LogP contribution in [-0.2, 0) is 9.53 Å². The van der Waals surface area contributed by atoms with Crippen molar-refractivity contribution in [1.29, 1.82) is 0 Å². The molecule has 0 bridgehead atoms. The van der Waals surface area contributed by atoms with Crippen molar-refractivity contribution in [3.8, 4) is 5.75 Å². The van der Waals surface area contributed by atoms with Crippen LogP contribution < -0.4 is 4.74 Å². The van der Waals surface area contributed by atoms with Crippen LogP contribution in [-0.4, -0.2) is 67.1 Å².